The number of hydrogen-bond donors (Lipinski definition) is 2. The highest BCUT2D eigenvalue weighted by Crippen LogP contribution is 2.23. The minimum Gasteiger partial charge on any atom is -0.353 e. The van der Waals surface area contributed by atoms with Crippen molar-refractivity contribution in [3.05, 3.63) is 29.3 Å². The first-order valence-electron chi connectivity index (χ1n) is 7.83. The SMILES string of the molecule is CCC(C)NC(=O)CNS(=O)(=O)c1ccc2c(c1)CCCC2. The fourth-order valence-electron chi connectivity index (χ4n) is 2.55. The number of rotatable bonds is 6. The Bertz CT molecular complexity index is 641. The summed E-state index contributed by atoms with van der Waals surface area (Å²) in [5.41, 5.74) is 2.35. The molecule has 0 aliphatic heterocycles. The Kier molecular flexibility index (Phi) is 5.58. The largest absolute Gasteiger partial charge is 0.353 e. The average molecular weight is 324 g/mol. The lowest BCUT2D eigenvalue weighted by Crippen LogP contribution is -2.40. The van der Waals surface area contributed by atoms with Gasteiger partial charge in [0.15, 0.2) is 0 Å². The van der Waals surface area contributed by atoms with Gasteiger partial charge in [0.1, 0.15) is 0 Å². The maximum atomic E-state index is 12.3. The third-order valence-electron chi connectivity index (χ3n) is 4.07. The lowest BCUT2D eigenvalue weighted by Gasteiger charge is -2.17. The molecule has 0 bridgehead atoms. The van der Waals surface area contributed by atoms with Crippen molar-refractivity contribution in [2.45, 2.75) is 56.9 Å². The molecule has 2 N–H and O–H groups in total. The van der Waals surface area contributed by atoms with E-state index < -0.39 is 10.0 Å². The van der Waals surface area contributed by atoms with Gasteiger partial charge in [0, 0.05) is 6.04 Å². The molecule has 22 heavy (non-hydrogen) atoms. The number of sulfonamides is 1. The van der Waals surface area contributed by atoms with Crippen LogP contribution in [-0.2, 0) is 27.7 Å². The Morgan fingerprint density at radius 3 is 2.59 bits per heavy atom. The second-order valence-corrected chi connectivity index (χ2v) is 7.61. The minimum absolute atomic E-state index is 0.0424. The van der Waals surface area contributed by atoms with E-state index in [0.717, 1.165) is 37.7 Å². The van der Waals surface area contributed by atoms with Crippen molar-refractivity contribution in [3.8, 4) is 0 Å². The summed E-state index contributed by atoms with van der Waals surface area (Å²) < 4.78 is 26.9. The van der Waals surface area contributed by atoms with Crippen LogP contribution in [0.2, 0.25) is 0 Å². The number of benzene rings is 1. The second-order valence-electron chi connectivity index (χ2n) is 5.84. The molecule has 6 heteroatoms. The number of carbonyl (C=O) groups is 1. The summed E-state index contributed by atoms with van der Waals surface area (Å²) in [4.78, 5) is 11.9. The molecule has 122 valence electrons. The quantitative estimate of drug-likeness (QED) is 0.837. The van der Waals surface area contributed by atoms with E-state index in [2.05, 4.69) is 10.0 Å². The molecule has 1 aromatic rings. The molecule has 5 nitrogen and oxygen atoms in total. The Labute approximate surface area is 132 Å². The van der Waals surface area contributed by atoms with Gasteiger partial charge in [-0.2, -0.15) is 0 Å². The highest BCUT2D eigenvalue weighted by Gasteiger charge is 2.18. The van der Waals surface area contributed by atoms with Gasteiger partial charge >= 0.3 is 0 Å². The molecule has 0 aromatic heterocycles. The molecular weight excluding hydrogens is 300 g/mol. The van der Waals surface area contributed by atoms with E-state index in [0.29, 0.717) is 0 Å². The predicted molar refractivity (Wildman–Crippen MR) is 86.2 cm³/mol. The summed E-state index contributed by atoms with van der Waals surface area (Å²) in [7, 11) is -3.64. The van der Waals surface area contributed by atoms with Crippen molar-refractivity contribution < 1.29 is 13.2 Å². The first kappa shape index (κ1) is 17.0. The summed E-state index contributed by atoms with van der Waals surface area (Å²) in [6.07, 6.45) is 5.01. The third kappa shape index (κ3) is 4.30. The van der Waals surface area contributed by atoms with Crippen molar-refractivity contribution in [2.75, 3.05) is 6.54 Å². The van der Waals surface area contributed by atoms with Crippen LogP contribution in [0.4, 0.5) is 0 Å². The highest BCUT2D eigenvalue weighted by molar-refractivity contribution is 7.89. The van der Waals surface area contributed by atoms with Gasteiger partial charge in [-0.15, -0.1) is 0 Å². The highest BCUT2D eigenvalue weighted by atomic mass is 32.2. The standard InChI is InChI=1S/C16H24N2O3S/c1-3-12(2)18-16(19)11-17-22(20,21)15-9-8-13-6-4-5-7-14(13)10-15/h8-10,12,17H,3-7,11H2,1-2H3,(H,18,19). The fourth-order valence-corrected chi connectivity index (χ4v) is 3.58. The number of nitrogens with one attached hydrogen (secondary N) is 2. The Hall–Kier alpha value is -1.40. The molecule has 1 aliphatic rings. The number of carbonyl (C=O) groups excluding carboxylic acids is 1. The van der Waals surface area contributed by atoms with Gasteiger partial charge in [-0.1, -0.05) is 13.0 Å². The summed E-state index contributed by atoms with van der Waals surface area (Å²) >= 11 is 0. The van der Waals surface area contributed by atoms with Gasteiger partial charge < -0.3 is 5.32 Å². The van der Waals surface area contributed by atoms with Gasteiger partial charge in [0.25, 0.3) is 0 Å². The molecule has 1 amide bonds. The van der Waals surface area contributed by atoms with Crippen molar-refractivity contribution in [1.82, 2.24) is 10.0 Å². The molecule has 2 rings (SSSR count). The van der Waals surface area contributed by atoms with Crippen LogP contribution in [0.5, 0.6) is 0 Å². The Morgan fingerprint density at radius 2 is 1.91 bits per heavy atom. The Balaban J connectivity index is 2.02. The van der Waals surface area contributed by atoms with E-state index >= 15 is 0 Å². The maximum Gasteiger partial charge on any atom is 0.241 e. The van der Waals surface area contributed by atoms with Crippen LogP contribution in [0.1, 0.15) is 44.2 Å². The molecule has 1 aromatic carbocycles. The molecule has 1 atom stereocenters. The van der Waals surface area contributed by atoms with Gasteiger partial charge in [-0.3, -0.25) is 4.79 Å². The van der Waals surface area contributed by atoms with E-state index in [1.54, 1.807) is 12.1 Å². The van der Waals surface area contributed by atoms with E-state index in [-0.39, 0.29) is 23.4 Å². The zero-order chi connectivity index (χ0) is 16.2. The van der Waals surface area contributed by atoms with E-state index in [9.17, 15) is 13.2 Å². The van der Waals surface area contributed by atoms with Crippen molar-refractivity contribution in [2.24, 2.45) is 0 Å². The summed E-state index contributed by atoms with van der Waals surface area (Å²) in [5, 5.41) is 2.74. The molecule has 1 aliphatic carbocycles. The van der Waals surface area contributed by atoms with Crippen LogP contribution in [0.25, 0.3) is 0 Å². The molecule has 0 spiro atoms. The van der Waals surface area contributed by atoms with Gasteiger partial charge in [0.2, 0.25) is 15.9 Å². The van der Waals surface area contributed by atoms with Crippen molar-refractivity contribution in [3.63, 3.8) is 0 Å². The topological polar surface area (TPSA) is 75.3 Å². The average Bonchev–Trinajstić information content (AvgIpc) is 2.52. The molecule has 0 fully saturated rings. The summed E-state index contributed by atoms with van der Waals surface area (Å²) in [6.45, 7) is 3.61. The molecule has 0 heterocycles. The first-order chi connectivity index (χ1) is 10.4. The zero-order valence-electron chi connectivity index (χ0n) is 13.2. The number of aryl methyl sites for hydroxylation is 2. The zero-order valence-corrected chi connectivity index (χ0v) is 14.0. The number of amides is 1. The second kappa shape index (κ2) is 7.24. The van der Waals surface area contributed by atoms with E-state index in [4.69, 9.17) is 0 Å². The van der Waals surface area contributed by atoms with Crippen LogP contribution >= 0.6 is 0 Å². The molecule has 1 unspecified atom stereocenters. The van der Waals surface area contributed by atoms with Crippen molar-refractivity contribution in [1.29, 1.82) is 0 Å². The monoisotopic (exact) mass is 324 g/mol. The molecule has 0 radical (unpaired) electrons. The predicted octanol–water partition coefficient (Wildman–Crippen LogP) is 1.76. The normalized spacial score (nSPS) is 15.9. The van der Waals surface area contributed by atoms with Crippen LogP contribution in [-0.4, -0.2) is 26.9 Å². The molecule has 0 saturated heterocycles. The summed E-state index contributed by atoms with van der Waals surface area (Å²) in [6, 6.07) is 5.30. The fraction of sp³-hybridized carbons (Fsp3) is 0.562. The van der Waals surface area contributed by atoms with Crippen LogP contribution in [0, 0.1) is 0 Å². The van der Waals surface area contributed by atoms with Gasteiger partial charge in [-0.25, -0.2) is 13.1 Å². The number of fused-ring (bicyclic) bond motifs is 1. The maximum absolute atomic E-state index is 12.3. The smallest absolute Gasteiger partial charge is 0.241 e. The first-order valence-corrected chi connectivity index (χ1v) is 9.31. The van der Waals surface area contributed by atoms with Gasteiger partial charge in [-0.05, 0) is 62.3 Å². The van der Waals surface area contributed by atoms with Crippen LogP contribution in [0.3, 0.4) is 0 Å². The van der Waals surface area contributed by atoms with Crippen LogP contribution < -0.4 is 10.0 Å². The number of hydrogen-bond acceptors (Lipinski definition) is 3. The lowest BCUT2D eigenvalue weighted by molar-refractivity contribution is -0.120. The third-order valence-corrected chi connectivity index (χ3v) is 5.47. The van der Waals surface area contributed by atoms with Gasteiger partial charge in [0.05, 0.1) is 11.4 Å². The Morgan fingerprint density at radius 1 is 1.23 bits per heavy atom. The molecule has 0 saturated carbocycles. The summed E-state index contributed by atoms with van der Waals surface area (Å²) in [5.74, 6) is -0.309. The minimum atomic E-state index is -3.64. The van der Waals surface area contributed by atoms with E-state index in [1.165, 1.54) is 5.56 Å². The molecular formula is C16H24N2O3S. The van der Waals surface area contributed by atoms with E-state index in [1.807, 2.05) is 19.9 Å². The van der Waals surface area contributed by atoms with Crippen LogP contribution in [0.15, 0.2) is 23.1 Å². The lowest BCUT2D eigenvalue weighted by atomic mass is 9.92. The van der Waals surface area contributed by atoms with Crippen molar-refractivity contribution >= 4 is 15.9 Å².